The molecule has 0 radical (unpaired) electrons. The monoisotopic (exact) mass is 218 g/mol. The lowest BCUT2D eigenvalue weighted by molar-refractivity contribution is 0.0691. The van der Waals surface area contributed by atoms with Gasteiger partial charge in [-0.2, -0.15) is 5.10 Å². The molecular weight excluding hydrogens is 208 g/mol. The van der Waals surface area contributed by atoms with Crippen molar-refractivity contribution >= 4 is 17.3 Å². The summed E-state index contributed by atoms with van der Waals surface area (Å²) < 4.78 is 1.62. The number of rotatable bonds is 3. The lowest BCUT2D eigenvalue weighted by Gasteiger charge is -2.05. The van der Waals surface area contributed by atoms with Crippen LogP contribution in [0.5, 0.6) is 0 Å². The van der Waals surface area contributed by atoms with Crippen LogP contribution in [0.25, 0.3) is 0 Å². The molecular formula is C10H10N4O2. The van der Waals surface area contributed by atoms with Gasteiger partial charge in [-0.1, -0.05) is 0 Å². The van der Waals surface area contributed by atoms with Crippen LogP contribution in [-0.4, -0.2) is 25.8 Å². The van der Waals surface area contributed by atoms with E-state index in [1.54, 1.807) is 36.3 Å². The van der Waals surface area contributed by atoms with Crippen molar-refractivity contribution < 1.29 is 9.90 Å². The van der Waals surface area contributed by atoms with E-state index in [0.717, 1.165) is 5.69 Å². The third kappa shape index (κ3) is 2.00. The number of nitrogens with zero attached hydrogens (tertiary/aromatic N) is 3. The first-order valence-electron chi connectivity index (χ1n) is 4.61. The fourth-order valence-corrected chi connectivity index (χ4v) is 1.32. The second kappa shape index (κ2) is 4.01. The molecule has 6 nitrogen and oxygen atoms in total. The Morgan fingerprint density at radius 2 is 2.38 bits per heavy atom. The minimum Gasteiger partial charge on any atom is -0.476 e. The second-order valence-corrected chi connectivity index (χ2v) is 3.23. The number of nitrogens with one attached hydrogen (secondary N) is 1. The van der Waals surface area contributed by atoms with E-state index in [-0.39, 0.29) is 5.69 Å². The summed E-state index contributed by atoms with van der Waals surface area (Å²) >= 11 is 0. The Bertz CT molecular complexity index is 521. The first kappa shape index (κ1) is 10.2. The maximum atomic E-state index is 10.9. The molecule has 2 aromatic heterocycles. The van der Waals surface area contributed by atoms with Gasteiger partial charge in [0.2, 0.25) is 0 Å². The number of carbonyl (C=O) groups is 1. The van der Waals surface area contributed by atoms with Crippen LogP contribution in [0.3, 0.4) is 0 Å². The Hall–Kier alpha value is -2.37. The first-order valence-corrected chi connectivity index (χ1v) is 4.61. The SMILES string of the molecule is Cn1cc(Nc2cccnc2C(=O)O)cn1. The van der Waals surface area contributed by atoms with Gasteiger partial charge >= 0.3 is 5.97 Å². The summed E-state index contributed by atoms with van der Waals surface area (Å²) in [5.41, 5.74) is 1.16. The molecule has 82 valence electrons. The van der Waals surface area contributed by atoms with Crippen LogP contribution in [0.1, 0.15) is 10.5 Å². The molecule has 0 saturated heterocycles. The average Bonchev–Trinajstić information content (AvgIpc) is 2.64. The van der Waals surface area contributed by atoms with Gasteiger partial charge in [0, 0.05) is 19.4 Å². The standard InChI is InChI=1S/C10H10N4O2/c1-14-6-7(5-12-14)13-8-3-2-4-11-9(8)10(15)16/h2-6,13H,1H3,(H,15,16). The van der Waals surface area contributed by atoms with E-state index in [2.05, 4.69) is 15.4 Å². The van der Waals surface area contributed by atoms with Crippen molar-refractivity contribution in [2.45, 2.75) is 0 Å². The molecule has 0 bridgehead atoms. The third-order valence-electron chi connectivity index (χ3n) is 1.99. The Kier molecular flexibility index (Phi) is 2.55. The van der Waals surface area contributed by atoms with E-state index >= 15 is 0 Å². The van der Waals surface area contributed by atoms with Gasteiger partial charge < -0.3 is 10.4 Å². The van der Waals surface area contributed by atoms with Gasteiger partial charge in [0.1, 0.15) is 0 Å². The number of anilines is 2. The Morgan fingerprint density at radius 1 is 1.56 bits per heavy atom. The predicted molar refractivity (Wildman–Crippen MR) is 57.7 cm³/mol. The number of aryl methyl sites for hydroxylation is 1. The highest BCUT2D eigenvalue weighted by Gasteiger charge is 2.11. The Morgan fingerprint density at radius 3 is 3.00 bits per heavy atom. The smallest absolute Gasteiger partial charge is 0.356 e. The van der Waals surface area contributed by atoms with Crippen molar-refractivity contribution in [2.75, 3.05) is 5.32 Å². The highest BCUT2D eigenvalue weighted by molar-refractivity contribution is 5.92. The number of carboxylic acids is 1. The topological polar surface area (TPSA) is 80.0 Å². The van der Waals surface area contributed by atoms with Gasteiger partial charge in [0.25, 0.3) is 0 Å². The molecule has 0 aliphatic heterocycles. The van der Waals surface area contributed by atoms with Gasteiger partial charge in [-0.25, -0.2) is 9.78 Å². The maximum absolute atomic E-state index is 10.9. The van der Waals surface area contributed by atoms with Gasteiger partial charge in [0.05, 0.1) is 17.6 Å². The molecule has 0 spiro atoms. The van der Waals surface area contributed by atoms with Crippen molar-refractivity contribution in [1.82, 2.24) is 14.8 Å². The first-order chi connectivity index (χ1) is 7.66. The van der Waals surface area contributed by atoms with E-state index in [9.17, 15) is 4.79 Å². The van der Waals surface area contributed by atoms with Gasteiger partial charge in [-0.15, -0.1) is 0 Å². The predicted octanol–water partition coefficient (Wildman–Crippen LogP) is 1.26. The molecule has 0 saturated carbocycles. The lowest BCUT2D eigenvalue weighted by Crippen LogP contribution is -2.04. The summed E-state index contributed by atoms with van der Waals surface area (Å²) in [4.78, 5) is 14.7. The van der Waals surface area contributed by atoms with Gasteiger partial charge in [-0.05, 0) is 12.1 Å². The number of aromatic nitrogens is 3. The molecule has 0 unspecified atom stereocenters. The van der Waals surface area contributed by atoms with Crippen LogP contribution < -0.4 is 5.32 Å². The van der Waals surface area contributed by atoms with Crippen molar-refractivity contribution in [3.63, 3.8) is 0 Å². The molecule has 0 aliphatic rings. The highest BCUT2D eigenvalue weighted by atomic mass is 16.4. The quantitative estimate of drug-likeness (QED) is 0.810. The average molecular weight is 218 g/mol. The van der Waals surface area contributed by atoms with Crippen molar-refractivity contribution in [2.24, 2.45) is 7.05 Å². The maximum Gasteiger partial charge on any atom is 0.356 e. The third-order valence-corrected chi connectivity index (χ3v) is 1.99. The zero-order valence-electron chi connectivity index (χ0n) is 8.58. The van der Waals surface area contributed by atoms with Crippen LogP contribution in [-0.2, 0) is 7.05 Å². The van der Waals surface area contributed by atoms with E-state index < -0.39 is 5.97 Å². The number of pyridine rings is 1. The van der Waals surface area contributed by atoms with Crippen LogP contribution >= 0.6 is 0 Å². The van der Waals surface area contributed by atoms with Crippen molar-refractivity contribution in [3.05, 3.63) is 36.4 Å². The summed E-state index contributed by atoms with van der Waals surface area (Å²) in [6, 6.07) is 3.33. The van der Waals surface area contributed by atoms with Crippen LogP contribution in [0.15, 0.2) is 30.7 Å². The fourth-order valence-electron chi connectivity index (χ4n) is 1.32. The summed E-state index contributed by atoms with van der Waals surface area (Å²) in [6.07, 6.45) is 4.80. The summed E-state index contributed by atoms with van der Waals surface area (Å²) in [7, 11) is 1.78. The summed E-state index contributed by atoms with van der Waals surface area (Å²) in [6.45, 7) is 0. The van der Waals surface area contributed by atoms with E-state index in [0.29, 0.717) is 5.69 Å². The fraction of sp³-hybridized carbons (Fsp3) is 0.100. The molecule has 0 amide bonds. The van der Waals surface area contributed by atoms with E-state index in [1.165, 1.54) is 6.20 Å². The van der Waals surface area contributed by atoms with Crippen molar-refractivity contribution in [3.8, 4) is 0 Å². The molecule has 2 aromatic rings. The molecule has 0 aromatic carbocycles. The van der Waals surface area contributed by atoms with E-state index in [4.69, 9.17) is 5.11 Å². The number of carboxylic acid groups (broad SMARTS) is 1. The van der Waals surface area contributed by atoms with Crippen molar-refractivity contribution in [1.29, 1.82) is 0 Å². The van der Waals surface area contributed by atoms with E-state index in [1.807, 2.05) is 0 Å². The zero-order valence-corrected chi connectivity index (χ0v) is 8.58. The molecule has 6 heteroatoms. The number of hydrogen-bond donors (Lipinski definition) is 2. The largest absolute Gasteiger partial charge is 0.476 e. The Balaban J connectivity index is 2.31. The molecule has 2 heterocycles. The zero-order chi connectivity index (χ0) is 11.5. The molecule has 0 fully saturated rings. The number of aromatic carboxylic acids is 1. The summed E-state index contributed by atoms with van der Waals surface area (Å²) in [5, 5.41) is 15.8. The normalized spacial score (nSPS) is 10.1. The van der Waals surface area contributed by atoms with Gasteiger partial charge in [0.15, 0.2) is 5.69 Å². The molecule has 2 N–H and O–H groups in total. The molecule has 2 rings (SSSR count). The molecule has 16 heavy (non-hydrogen) atoms. The lowest BCUT2D eigenvalue weighted by atomic mass is 10.3. The minimum atomic E-state index is -1.06. The van der Waals surface area contributed by atoms with Crippen LogP contribution in [0.2, 0.25) is 0 Å². The van der Waals surface area contributed by atoms with Gasteiger partial charge in [-0.3, -0.25) is 4.68 Å². The Labute approximate surface area is 91.6 Å². The molecule has 0 aliphatic carbocycles. The summed E-state index contributed by atoms with van der Waals surface area (Å²) in [5.74, 6) is -1.06. The second-order valence-electron chi connectivity index (χ2n) is 3.23. The molecule has 0 atom stereocenters. The minimum absolute atomic E-state index is 0.00801. The van der Waals surface area contributed by atoms with Crippen LogP contribution in [0, 0.1) is 0 Å². The number of hydrogen-bond acceptors (Lipinski definition) is 4. The van der Waals surface area contributed by atoms with Crippen LogP contribution in [0.4, 0.5) is 11.4 Å². The highest BCUT2D eigenvalue weighted by Crippen LogP contribution is 2.18.